The first-order valence-electron chi connectivity index (χ1n) is 9.07. The summed E-state index contributed by atoms with van der Waals surface area (Å²) in [5, 5.41) is 5.81. The Morgan fingerprint density at radius 3 is 2.41 bits per heavy atom. The minimum atomic E-state index is -0.100. The number of nitrogens with one attached hydrogen (secondary N) is 2. The standard InChI is InChI=1S/C21H24N4O2/c1-15(2)21(27)23-13-19-24-17-10-6-7-11-18(17)25(19)14-20(26)22-12-16-8-4-3-5-9-16/h3-11,15H,12-14H2,1-2H3,(H,22,26)(H,23,27). The molecule has 2 amide bonds. The number of rotatable bonds is 7. The molecule has 2 N–H and O–H groups in total. The summed E-state index contributed by atoms with van der Waals surface area (Å²) in [5.41, 5.74) is 2.73. The molecule has 1 heterocycles. The maximum absolute atomic E-state index is 12.5. The number of fused-ring (bicyclic) bond motifs is 1. The molecule has 0 unspecified atom stereocenters. The van der Waals surface area contributed by atoms with Crippen LogP contribution < -0.4 is 10.6 Å². The largest absolute Gasteiger partial charge is 0.350 e. The molecule has 0 fully saturated rings. The number of para-hydroxylation sites is 2. The topological polar surface area (TPSA) is 76.0 Å². The molecule has 27 heavy (non-hydrogen) atoms. The molecule has 6 nitrogen and oxygen atoms in total. The summed E-state index contributed by atoms with van der Waals surface area (Å²) >= 11 is 0. The summed E-state index contributed by atoms with van der Waals surface area (Å²) in [7, 11) is 0. The minimum absolute atomic E-state index is 0.0397. The van der Waals surface area contributed by atoms with Gasteiger partial charge in [-0.3, -0.25) is 9.59 Å². The number of imidazole rings is 1. The average molecular weight is 364 g/mol. The molecule has 1 aromatic heterocycles. The number of benzene rings is 2. The average Bonchev–Trinajstić information content (AvgIpc) is 3.02. The third-order valence-corrected chi connectivity index (χ3v) is 4.31. The van der Waals surface area contributed by atoms with Crippen LogP contribution in [-0.4, -0.2) is 21.4 Å². The van der Waals surface area contributed by atoms with Crippen LogP contribution in [0.25, 0.3) is 11.0 Å². The summed E-state index contributed by atoms with van der Waals surface area (Å²) in [5.74, 6) is 0.428. The summed E-state index contributed by atoms with van der Waals surface area (Å²) in [6.45, 7) is 4.61. The van der Waals surface area contributed by atoms with Crippen molar-refractivity contribution < 1.29 is 9.59 Å². The lowest BCUT2D eigenvalue weighted by Gasteiger charge is -2.12. The Kier molecular flexibility index (Phi) is 5.86. The van der Waals surface area contributed by atoms with E-state index in [1.54, 1.807) is 0 Å². The molecule has 0 spiro atoms. The number of aromatic nitrogens is 2. The van der Waals surface area contributed by atoms with E-state index >= 15 is 0 Å². The van der Waals surface area contributed by atoms with Crippen molar-refractivity contribution in [3.8, 4) is 0 Å². The Morgan fingerprint density at radius 2 is 1.67 bits per heavy atom. The molecule has 0 aliphatic rings. The second kappa shape index (κ2) is 8.49. The second-order valence-corrected chi connectivity index (χ2v) is 6.74. The predicted molar refractivity (Wildman–Crippen MR) is 105 cm³/mol. The van der Waals surface area contributed by atoms with Crippen LogP contribution >= 0.6 is 0 Å². The quantitative estimate of drug-likeness (QED) is 0.677. The lowest BCUT2D eigenvalue weighted by atomic mass is 10.2. The normalized spacial score (nSPS) is 10.9. The smallest absolute Gasteiger partial charge is 0.240 e. The minimum Gasteiger partial charge on any atom is -0.350 e. The summed E-state index contributed by atoms with van der Waals surface area (Å²) in [6.07, 6.45) is 0. The summed E-state index contributed by atoms with van der Waals surface area (Å²) < 4.78 is 1.86. The van der Waals surface area contributed by atoms with Gasteiger partial charge in [0.05, 0.1) is 17.6 Å². The number of nitrogens with zero attached hydrogens (tertiary/aromatic N) is 2. The molecule has 0 aliphatic carbocycles. The highest BCUT2D eigenvalue weighted by Crippen LogP contribution is 2.16. The molecule has 6 heteroatoms. The summed E-state index contributed by atoms with van der Waals surface area (Å²) in [6, 6.07) is 17.4. The fraction of sp³-hybridized carbons (Fsp3) is 0.286. The zero-order valence-corrected chi connectivity index (χ0v) is 15.6. The molecule has 0 radical (unpaired) electrons. The van der Waals surface area contributed by atoms with Crippen molar-refractivity contribution in [2.24, 2.45) is 5.92 Å². The van der Waals surface area contributed by atoms with Gasteiger partial charge in [0.1, 0.15) is 12.4 Å². The van der Waals surface area contributed by atoms with Crippen molar-refractivity contribution in [2.45, 2.75) is 33.5 Å². The van der Waals surface area contributed by atoms with Crippen LogP contribution in [0.3, 0.4) is 0 Å². The van der Waals surface area contributed by atoms with Gasteiger partial charge < -0.3 is 15.2 Å². The highest BCUT2D eigenvalue weighted by Gasteiger charge is 2.15. The van der Waals surface area contributed by atoms with Crippen molar-refractivity contribution >= 4 is 22.8 Å². The molecule has 2 aromatic carbocycles. The maximum atomic E-state index is 12.5. The molecular formula is C21H24N4O2. The first-order valence-corrected chi connectivity index (χ1v) is 9.07. The zero-order chi connectivity index (χ0) is 19.2. The number of carbonyl (C=O) groups excluding carboxylic acids is 2. The third kappa shape index (κ3) is 4.73. The van der Waals surface area contributed by atoms with Gasteiger partial charge in [-0.15, -0.1) is 0 Å². The van der Waals surface area contributed by atoms with Crippen molar-refractivity contribution in [3.63, 3.8) is 0 Å². The SMILES string of the molecule is CC(C)C(=O)NCc1nc2ccccc2n1CC(=O)NCc1ccccc1. The van der Waals surface area contributed by atoms with Gasteiger partial charge in [0.2, 0.25) is 11.8 Å². The molecule has 0 atom stereocenters. The molecule has 0 saturated carbocycles. The lowest BCUT2D eigenvalue weighted by Crippen LogP contribution is -2.31. The number of amides is 2. The van der Waals surface area contributed by atoms with Crippen LogP contribution in [0.4, 0.5) is 0 Å². The monoisotopic (exact) mass is 364 g/mol. The lowest BCUT2D eigenvalue weighted by molar-refractivity contribution is -0.124. The predicted octanol–water partition coefficient (Wildman–Crippen LogP) is 2.62. The van der Waals surface area contributed by atoms with E-state index in [2.05, 4.69) is 15.6 Å². The van der Waals surface area contributed by atoms with E-state index in [1.165, 1.54) is 0 Å². The van der Waals surface area contributed by atoms with Gasteiger partial charge in [-0.05, 0) is 17.7 Å². The van der Waals surface area contributed by atoms with Crippen LogP contribution in [0, 0.1) is 5.92 Å². The van der Waals surface area contributed by atoms with E-state index in [1.807, 2.05) is 73.0 Å². The van der Waals surface area contributed by atoms with Gasteiger partial charge in [-0.1, -0.05) is 56.3 Å². The van der Waals surface area contributed by atoms with E-state index in [0.29, 0.717) is 12.4 Å². The number of carbonyl (C=O) groups is 2. The van der Waals surface area contributed by atoms with Crippen molar-refractivity contribution in [1.82, 2.24) is 20.2 Å². The maximum Gasteiger partial charge on any atom is 0.240 e. The Balaban J connectivity index is 1.74. The van der Waals surface area contributed by atoms with Crippen molar-refractivity contribution in [1.29, 1.82) is 0 Å². The van der Waals surface area contributed by atoms with Crippen molar-refractivity contribution in [3.05, 3.63) is 66.0 Å². The van der Waals surface area contributed by atoms with Crippen LogP contribution in [0.1, 0.15) is 25.2 Å². The molecule has 0 saturated heterocycles. The third-order valence-electron chi connectivity index (χ3n) is 4.31. The van der Waals surface area contributed by atoms with Gasteiger partial charge in [-0.25, -0.2) is 4.98 Å². The molecule has 3 aromatic rings. The number of hydrogen-bond donors (Lipinski definition) is 2. The van der Waals surface area contributed by atoms with Crippen LogP contribution in [0.2, 0.25) is 0 Å². The van der Waals surface area contributed by atoms with E-state index in [0.717, 1.165) is 16.6 Å². The first kappa shape index (κ1) is 18.6. The summed E-state index contributed by atoms with van der Waals surface area (Å²) in [4.78, 5) is 29.0. The van der Waals surface area contributed by atoms with E-state index in [9.17, 15) is 9.59 Å². The van der Waals surface area contributed by atoms with Crippen molar-refractivity contribution in [2.75, 3.05) is 0 Å². The van der Waals surface area contributed by atoms with Crippen LogP contribution in [0.15, 0.2) is 54.6 Å². The fourth-order valence-corrected chi connectivity index (χ4v) is 2.80. The van der Waals surface area contributed by atoms with Gasteiger partial charge >= 0.3 is 0 Å². The van der Waals surface area contributed by atoms with Crippen LogP contribution in [-0.2, 0) is 29.2 Å². The molecular weight excluding hydrogens is 340 g/mol. The molecule has 3 rings (SSSR count). The zero-order valence-electron chi connectivity index (χ0n) is 15.6. The highest BCUT2D eigenvalue weighted by atomic mass is 16.2. The van der Waals surface area contributed by atoms with Gasteiger partial charge in [-0.2, -0.15) is 0 Å². The Bertz CT molecular complexity index is 932. The molecule has 140 valence electrons. The number of hydrogen-bond acceptors (Lipinski definition) is 3. The second-order valence-electron chi connectivity index (χ2n) is 6.74. The Morgan fingerprint density at radius 1 is 0.963 bits per heavy atom. The highest BCUT2D eigenvalue weighted by molar-refractivity contribution is 5.81. The van der Waals surface area contributed by atoms with E-state index < -0.39 is 0 Å². The first-order chi connectivity index (χ1) is 13.0. The molecule has 0 bridgehead atoms. The fourth-order valence-electron chi connectivity index (χ4n) is 2.80. The van der Waals surface area contributed by atoms with Gasteiger partial charge in [0.15, 0.2) is 0 Å². The van der Waals surface area contributed by atoms with E-state index in [4.69, 9.17) is 0 Å². The Hall–Kier alpha value is -3.15. The van der Waals surface area contributed by atoms with Crippen LogP contribution in [0.5, 0.6) is 0 Å². The van der Waals surface area contributed by atoms with Gasteiger partial charge in [0.25, 0.3) is 0 Å². The van der Waals surface area contributed by atoms with Gasteiger partial charge in [0, 0.05) is 12.5 Å². The van der Waals surface area contributed by atoms with E-state index in [-0.39, 0.29) is 30.8 Å². The molecule has 0 aliphatic heterocycles. The Labute approximate surface area is 158 Å².